The van der Waals surface area contributed by atoms with Crippen molar-refractivity contribution in [3.05, 3.63) is 69.7 Å². The van der Waals surface area contributed by atoms with Crippen LogP contribution in [0.5, 0.6) is 0 Å². The lowest BCUT2D eigenvalue weighted by Crippen LogP contribution is -2.23. The maximum atomic E-state index is 3.66. The highest BCUT2D eigenvalue weighted by Crippen LogP contribution is 2.19. The summed E-state index contributed by atoms with van der Waals surface area (Å²) in [6.45, 7) is 5.39. The Morgan fingerprint density at radius 1 is 1.10 bits per heavy atom. The fourth-order valence-corrected chi connectivity index (χ4v) is 2.72. The van der Waals surface area contributed by atoms with Gasteiger partial charge in [0.05, 0.1) is 0 Å². The van der Waals surface area contributed by atoms with Crippen molar-refractivity contribution in [1.29, 1.82) is 0 Å². The van der Waals surface area contributed by atoms with E-state index < -0.39 is 0 Å². The molecule has 1 nitrogen and oxygen atoms in total. The zero-order chi connectivity index (χ0) is 14.4. The van der Waals surface area contributed by atoms with Crippen molar-refractivity contribution in [3.63, 3.8) is 0 Å². The molecule has 0 amide bonds. The van der Waals surface area contributed by atoms with Crippen LogP contribution >= 0.6 is 15.9 Å². The quantitative estimate of drug-likeness (QED) is 0.781. The van der Waals surface area contributed by atoms with Gasteiger partial charge in [0.25, 0.3) is 0 Å². The van der Waals surface area contributed by atoms with Gasteiger partial charge in [0.1, 0.15) is 0 Å². The Bertz CT molecular complexity index is 533. The van der Waals surface area contributed by atoms with Gasteiger partial charge in [0, 0.05) is 10.5 Å². The van der Waals surface area contributed by atoms with Crippen LogP contribution in [0.4, 0.5) is 0 Å². The zero-order valence-corrected chi connectivity index (χ0v) is 13.8. The van der Waals surface area contributed by atoms with Crippen molar-refractivity contribution >= 4 is 15.9 Å². The average molecular weight is 332 g/mol. The first-order valence-electron chi connectivity index (χ1n) is 7.23. The van der Waals surface area contributed by atoms with Gasteiger partial charge in [-0.2, -0.15) is 0 Å². The second-order valence-corrected chi connectivity index (χ2v) is 6.12. The Morgan fingerprint density at radius 2 is 1.85 bits per heavy atom. The topological polar surface area (TPSA) is 12.0 Å². The van der Waals surface area contributed by atoms with E-state index in [1.54, 1.807) is 0 Å². The summed E-state index contributed by atoms with van der Waals surface area (Å²) in [4.78, 5) is 0. The van der Waals surface area contributed by atoms with E-state index in [9.17, 15) is 0 Å². The van der Waals surface area contributed by atoms with Gasteiger partial charge in [-0.15, -0.1) is 0 Å². The summed E-state index contributed by atoms with van der Waals surface area (Å²) in [5.74, 6) is 0. The molecule has 0 saturated heterocycles. The van der Waals surface area contributed by atoms with Gasteiger partial charge in [0.2, 0.25) is 0 Å². The van der Waals surface area contributed by atoms with Crippen LogP contribution in [0.25, 0.3) is 0 Å². The predicted octanol–water partition coefficient (Wildman–Crippen LogP) is 5.04. The molecule has 0 fully saturated rings. The Morgan fingerprint density at radius 3 is 2.50 bits per heavy atom. The highest BCUT2D eigenvalue weighted by Gasteiger charge is 2.07. The van der Waals surface area contributed by atoms with Crippen LogP contribution in [0.3, 0.4) is 0 Å². The van der Waals surface area contributed by atoms with Crippen LogP contribution in [0, 0.1) is 6.92 Å². The summed E-state index contributed by atoms with van der Waals surface area (Å²) in [5.41, 5.74) is 4.10. The van der Waals surface area contributed by atoms with E-state index in [2.05, 4.69) is 83.6 Å². The Hall–Kier alpha value is -1.12. The van der Waals surface area contributed by atoms with E-state index in [1.807, 2.05) is 0 Å². The maximum Gasteiger partial charge on any atom is 0.0317 e. The fourth-order valence-electron chi connectivity index (χ4n) is 2.45. The van der Waals surface area contributed by atoms with Gasteiger partial charge in [0.15, 0.2) is 0 Å². The van der Waals surface area contributed by atoms with Crippen molar-refractivity contribution in [2.75, 3.05) is 6.54 Å². The van der Waals surface area contributed by atoms with Crippen LogP contribution in [0.15, 0.2) is 53.0 Å². The molecule has 1 unspecified atom stereocenters. The lowest BCUT2D eigenvalue weighted by molar-refractivity contribution is 0.522. The van der Waals surface area contributed by atoms with E-state index in [1.165, 1.54) is 16.7 Å². The number of hydrogen-bond donors (Lipinski definition) is 1. The van der Waals surface area contributed by atoms with Gasteiger partial charge in [-0.3, -0.25) is 0 Å². The highest BCUT2D eigenvalue weighted by molar-refractivity contribution is 9.10. The first-order chi connectivity index (χ1) is 9.69. The molecule has 0 saturated carbocycles. The number of hydrogen-bond acceptors (Lipinski definition) is 1. The molecule has 2 rings (SSSR count). The molecule has 0 spiro atoms. The molecular formula is C18H22BrN. The smallest absolute Gasteiger partial charge is 0.0317 e. The van der Waals surface area contributed by atoms with E-state index in [-0.39, 0.29) is 0 Å². The fraction of sp³-hybridized carbons (Fsp3) is 0.333. The molecule has 0 aromatic heterocycles. The minimum absolute atomic E-state index is 0.438. The van der Waals surface area contributed by atoms with Gasteiger partial charge < -0.3 is 5.32 Å². The van der Waals surface area contributed by atoms with E-state index in [0.717, 1.165) is 23.9 Å². The number of benzene rings is 2. The molecule has 0 bridgehead atoms. The molecule has 2 aromatic rings. The van der Waals surface area contributed by atoms with Crippen molar-refractivity contribution in [1.82, 2.24) is 5.32 Å². The van der Waals surface area contributed by atoms with Crippen molar-refractivity contribution < 1.29 is 0 Å². The Labute approximate surface area is 130 Å². The minimum Gasteiger partial charge on any atom is -0.310 e. The van der Waals surface area contributed by atoms with Gasteiger partial charge in [-0.1, -0.05) is 64.8 Å². The summed E-state index contributed by atoms with van der Waals surface area (Å²) in [7, 11) is 0. The molecule has 1 atom stereocenters. The van der Waals surface area contributed by atoms with Crippen LogP contribution in [-0.4, -0.2) is 6.54 Å². The van der Waals surface area contributed by atoms with E-state index in [4.69, 9.17) is 0 Å². The lowest BCUT2D eigenvalue weighted by Gasteiger charge is -2.17. The molecule has 0 aliphatic carbocycles. The van der Waals surface area contributed by atoms with Crippen molar-refractivity contribution in [2.45, 2.75) is 32.7 Å². The zero-order valence-electron chi connectivity index (χ0n) is 12.2. The Kier molecular flexibility index (Phi) is 5.81. The summed E-state index contributed by atoms with van der Waals surface area (Å²) in [5, 5.41) is 3.66. The molecule has 1 N–H and O–H groups in total. The Balaban J connectivity index is 1.89. The molecule has 0 radical (unpaired) electrons. The lowest BCUT2D eigenvalue weighted by atomic mass is 10.0. The first kappa shape index (κ1) is 15.3. The summed E-state index contributed by atoms with van der Waals surface area (Å²) >= 11 is 3.49. The van der Waals surface area contributed by atoms with E-state index >= 15 is 0 Å². The molecule has 0 heterocycles. The van der Waals surface area contributed by atoms with Gasteiger partial charge in [-0.05, 0) is 49.6 Å². The molecule has 0 aliphatic heterocycles. The maximum absolute atomic E-state index is 3.66. The SMILES string of the molecule is CCC(NCCc1cccc(C)c1)c1ccc(Br)cc1. The van der Waals surface area contributed by atoms with Crippen LogP contribution in [0.2, 0.25) is 0 Å². The van der Waals surface area contributed by atoms with Crippen LogP contribution in [0.1, 0.15) is 36.1 Å². The van der Waals surface area contributed by atoms with Crippen molar-refractivity contribution in [2.24, 2.45) is 0 Å². The molecule has 0 aliphatic rings. The molecule has 2 aromatic carbocycles. The predicted molar refractivity (Wildman–Crippen MR) is 90.1 cm³/mol. The van der Waals surface area contributed by atoms with Crippen LogP contribution < -0.4 is 5.32 Å². The second kappa shape index (κ2) is 7.61. The largest absolute Gasteiger partial charge is 0.310 e. The second-order valence-electron chi connectivity index (χ2n) is 5.21. The monoisotopic (exact) mass is 331 g/mol. The third-order valence-electron chi connectivity index (χ3n) is 3.57. The molecule has 106 valence electrons. The molecule has 20 heavy (non-hydrogen) atoms. The summed E-state index contributed by atoms with van der Waals surface area (Å²) in [6, 6.07) is 17.8. The van der Waals surface area contributed by atoms with E-state index in [0.29, 0.717) is 6.04 Å². The average Bonchev–Trinajstić information content (AvgIpc) is 2.45. The van der Waals surface area contributed by atoms with Gasteiger partial charge >= 0.3 is 0 Å². The number of nitrogens with one attached hydrogen (secondary N) is 1. The number of aryl methyl sites for hydroxylation is 1. The van der Waals surface area contributed by atoms with Crippen LogP contribution in [-0.2, 0) is 6.42 Å². The molecular weight excluding hydrogens is 310 g/mol. The third kappa shape index (κ3) is 4.46. The standard InChI is InChI=1S/C18H22BrN/c1-3-18(16-7-9-17(19)10-8-16)20-12-11-15-6-4-5-14(2)13-15/h4-10,13,18,20H,3,11-12H2,1-2H3. The summed E-state index contributed by atoms with van der Waals surface area (Å²) < 4.78 is 1.14. The first-order valence-corrected chi connectivity index (χ1v) is 8.02. The minimum atomic E-state index is 0.438. The van der Waals surface area contributed by atoms with Crippen molar-refractivity contribution in [3.8, 4) is 0 Å². The highest BCUT2D eigenvalue weighted by atomic mass is 79.9. The number of rotatable bonds is 6. The summed E-state index contributed by atoms with van der Waals surface area (Å²) in [6.07, 6.45) is 2.18. The number of halogens is 1. The van der Waals surface area contributed by atoms with Gasteiger partial charge in [-0.25, -0.2) is 0 Å². The normalized spacial score (nSPS) is 12.3. The third-order valence-corrected chi connectivity index (χ3v) is 4.10. The molecule has 2 heteroatoms.